The number of aliphatic carboxylic acids is 1. The number of hydrogen-bond donors (Lipinski definition) is 1. The van der Waals surface area contributed by atoms with Crippen LogP contribution in [0.2, 0.25) is 0 Å². The largest absolute Gasteiger partial charge is 0.481 e. The number of amides is 2. The Morgan fingerprint density at radius 3 is 2.47 bits per heavy atom. The molecule has 5 nitrogen and oxygen atoms in total. The lowest BCUT2D eigenvalue weighted by molar-refractivity contribution is -0.137. The molecule has 0 heterocycles. The van der Waals surface area contributed by atoms with Crippen molar-refractivity contribution in [3.63, 3.8) is 0 Å². The van der Waals surface area contributed by atoms with Crippen LogP contribution in [0.3, 0.4) is 0 Å². The molecule has 0 atom stereocenters. The topological polar surface area (TPSA) is 60.9 Å². The minimum Gasteiger partial charge on any atom is -0.481 e. The summed E-state index contributed by atoms with van der Waals surface area (Å²) in [5, 5.41) is 8.50. The van der Waals surface area contributed by atoms with Gasteiger partial charge in [0.2, 0.25) is 0 Å². The highest BCUT2D eigenvalue weighted by atomic mass is 16.4. The lowest BCUT2D eigenvalue weighted by Gasteiger charge is -2.26. The van der Waals surface area contributed by atoms with Gasteiger partial charge in [0, 0.05) is 26.6 Å². The van der Waals surface area contributed by atoms with Crippen LogP contribution in [0.25, 0.3) is 0 Å². The van der Waals surface area contributed by atoms with Gasteiger partial charge in [0.1, 0.15) is 0 Å². The Hall–Kier alpha value is -1.70. The Kier molecular flexibility index (Phi) is 7.61. The standard InChI is InChI=1S/C12H20N2O3/c1-4-8-14(9-5-2)12(17)13(3)10-6-7-11(15)16/h1H,5-10H2,2-3H3,(H,15,16). The molecule has 0 aliphatic carbocycles. The first-order valence-corrected chi connectivity index (χ1v) is 5.68. The summed E-state index contributed by atoms with van der Waals surface area (Å²) in [6, 6.07) is -0.143. The zero-order valence-corrected chi connectivity index (χ0v) is 10.5. The molecule has 0 rings (SSSR count). The van der Waals surface area contributed by atoms with Gasteiger partial charge in [-0.2, -0.15) is 0 Å². The molecule has 17 heavy (non-hydrogen) atoms. The van der Waals surface area contributed by atoms with Crippen molar-refractivity contribution in [2.75, 3.05) is 26.7 Å². The van der Waals surface area contributed by atoms with Gasteiger partial charge in [0.25, 0.3) is 0 Å². The van der Waals surface area contributed by atoms with Crippen molar-refractivity contribution in [3.05, 3.63) is 0 Å². The average Bonchev–Trinajstić information content (AvgIpc) is 2.27. The maximum atomic E-state index is 11.9. The van der Waals surface area contributed by atoms with Crippen LogP contribution in [0, 0.1) is 12.3 Å². The first-order valence-electron chi connectivity index (χ1n) is 5.68. The van der Waals surface area contributed by atoms with Gasteiger partial charge in [-0.15, -0.1) is 6.42 Å². The van der Waals surface area contributed by atoms with E-state index in [1.807, 2.05) is 6.92 Å². The van der Waals surface area contributed by atoms with Gasteiger partial charge in [-0.05, 0) is 12.8 Å². The van der Waals surface area contributed by atoms with Gasteiger partial charge in [0.15, 0.2) is 0 Å². The van der Waals surface area contributed by atoms with E-state index in [9.17, 15) is 9.59 Å². The minimum absolute atomic E-state index is 0.0700. The number of hydrogen-bond acceptors (Lipinski definition) is 2. The zero-order chi connectivity index (χ0) is 13.3. The number of terminal acetylenes is 1. The van der Waals surface area contributed by atoms with E-state index in [0.29, 0.717) is 19.5 Å². The maximum Gasteiger partial charge on any atom is 0.320 e. The second-order valence-electron chi connectivity index (χ2n) is 3.83. The van der Waals surface area contributed by atoms with E-state index in [2.05, 4.69) is 5.92 Å². The number of carbonyl (C=O) groups is 2. The van der Waals surface area contributed by atoms with Crippen LogP contribution in [0.4, 0.5) is 4.79 Å². The number of carboxylic acids is 1. The molecule has 0 bridgehead atoms. The Morgan fingerprint density at radius 2 is 2.00 bits per heavy atom. The van der Waals surface area contributed by atoms with Crippen LogP contribution >= 0.6 is 0 Å². The summed E-state index contributed by atoms with van der Waals surface area (Å²) in [6.45, 7) is 3.30. The molecule has 0 saturated carbocycles. The monoisotopic (exact) mass is 240 g/mol. The highest BCUT2D eigenvalue weighted by Gasteiger charge is 2.15. The molecule has 0 unspecified atom stereocenters. The number of nitrogens with zero attached hydrogens (tertiary/aromatic N) is 2. The van der Waals surface area contributed by atoms with Gasteiger partial charge in [-0.3, -0.25) is 4.79 Å². The smallest absolute Gasteiger partial charge is 0.320 e. The molecule has 0 aromatic rings. The normalized spacial score (nSPS) is 9.47. The first kappa shape index (κ1) is 15.3. The highest BCUT2D eigenvalue weighted by molar-refractivity contribution is 5.74. The number of urea groups is 1. The van der Waals surface area contributed by atoms with Gasteiger partial charge in [0.05, 0.1) is 6.54 Å². The fourth-order valence-corrected chi connectivity index (χ4v) is 1.43. The quantitative estimate of drug-likeness (QED) is 0.681. The fourth-order valence-electron chi connectivity index (χ4n) is 1.43. The third-order valence-electron chi connectivity index (χ3n) is 2.26. The number of carboxylic acid groups (broad SMARTS) is 1. The SMILES string of the molecule is C#CCN(CCC)C(=O)N(C)CCCC(=O)O. The Bertz CT molecular complexity index is 297. The lowest BCUT2D eigenvalue weighted by Crippen LogP contribution is -2.42. The lowest BCUT2D eigenvalue weighted by atomic mass is 10.3. The molecular weight excluding hydrogens is 220 g/mol. The summed E-state index contributed by atoms with van der Waals surface area (Å²) in [6.07, 6.45) is 6.56. The predicted octanol–water partition coefficient (Wildman–Crippen LogP) is 1.25. The van der Waals surface area contributed by atoms with Crippen LogP contribution in [-0.2, 0) is 4.79 Å². The molecule has 0 saturated heterocycles. The van der Waals surface area contributed by atoms with Crippen LogP contribution in [0.15, 0.2) is 0 Å². The van der Waals surface area contributed by atoms with Crippen LogP contribution in [0.1, 0.15) is 26.2 Å². The maximum absolute atomic E-state index is 11.9. The van der Waals surface area contributed by atoms with E-state index in [0.717, 1.165) is 6.42 Å². The van der Waals surface area contributed by atoms with Crippen LogP contribution in [-0.4, -0.2) is 53.6 Å². The van der Waals surface area contributed by atoms with Crippen LogP contribution < -0.4 is 0 Å². The van der Waals surface area contributed by atoms with Crippen molar-refractivity contribution >= 4 is 12.0 Å². The third kappa shape index (κ3) is 6.46. The summed E-state index contributed by atoms with van der Waals surface area (Å²) in [5.41, 5.74) is 0. The Labute approximate surface area is 102 Å². The molecule has 0 spiro atoms. The number of rotatable bonds is 7. The van der Waals surface area contributed by atoms with Gasteiger partial charge >= 0.3 is 12.0 Å². The molecule has 96 valence electrons. The van der Waals surface area contributed by atoms with Gasteiger partial charge in [-0.1, -0.05) is 12.8 Å². The molecule has 0 aromatic heterocycles. The third-order valence-corrected chi connectivity index (χ3v) is 2.26. The van der Waals surface area contributed by atoms with Gasteiger partial charge < -0.3 is 14.9 Å². The molecule has 0 radical (unpaired) electrons. The van der Waals surface area contributed by atoms with E-state index in [4.69, 9.17) is 11.5 Å². The summed E-state index contributed by atoms with van der Waals surface area (Å²) in [4.78, 5) is 25.4. The Balaban J connectivity index is 4.15. The molecule has 2 amide bonds. The average molecular weight is 240 g/mol. The van der Waals surface area contributed by atoms with Gasteiger partial charge in [-0.25, -0.2) is 4.79 Å². The fraction of sp³-hybridized carbons (Fsp3) is 0.667. The van der Waals surface area contributed by atoms with E-state index >= 15 is 0 Å². The van der Waals surface area contributed by atoms with Crippen molar-refractivity contribution in [1.29, 1.82) is 0 Å². The zero-order valence-electron chi connectivity index (χ0n) is 10.5. The number of carbonyl (C=O) groups excluding carboxylic acids is 1. The summed E-state index contributed by atoms with van der Waals surface area (Å²) >= 11 is 0. The predicted molar refractivity (Wildman–Crippen MR) is 65.6 cm³/mol. The second kappa shape index (κ2) is 8.45. The summed E-state index contributed by atoms with van der Waals surface area (Å²) in [5.74, 6) is 1.60. The van der Waals surface area contributed by atoms with E-state index in [-0.39, 0.29) is 19.0 Å². The first-order chi connectivity index (χ1) is 8.02. The minimum atomic E-state index is -0.847. The molecule has 0 fully saturated rings. The van der Waals surface area contributed by atoms with Crippen molar-refractivity contribution in [2.24, 2.45) is 0 Å². The van der Waals surface area contributed by atoms with Crippen molar-refractivity contribution in [2.45, 2.75) is 26.2 Å². The molecule has 0 aliphatic rings. The highest BCUT2D eigenvalue weighted by Crippen LogP contribution is 2.01. The molecule has 5 heteroatoms. The summed E-state index contributed by atoms with van der Waals surface area (Å²) in [7, 11) is 1.66. The molecule has 0 aliphatic heterocycles. The Morgan fingerprint density at radius 1 is 1.35 bits per heavy atom. The summed E-state index contributed by atoms with van der Waals surface area (Å²) < 4.78 is 0. The second-order valence-corrected chi connectivity index (χ2v) is 3.83. The molecule has 1 N–H and O–H groups in total. The van der Waals surface area contributed by atoms with E-state index in [1.165, 1.54) is 4.90 Å². The van der Waals surface area contributed by atoms with Crippen molar-refractivity contribution < 1.29 is 14.7 Å². The molecule has 0 aromatic carbocycles. The van der Waals surface area contributed by atoms with E-state index < -0.39 is 5.97 Å². The molecular formula is C12H20N2O3. The van der Waals surface area contributed by atoms with Crippen LogP contribution in [0.5, 0.6) is 0 Å². The van der Waals surface area contributed by atoms with Crippen molar-refractivity contribution in [1.82, 2.24) is 9.80 Å². The van der Waals surface area contributed by atoms with Crippen molar-refractivity contribution in [3.8, 4) is 12.3 Å². The van der Waals surface area contributed by atoms with E-state index in [1.54, 1.807) is 11.9 Å².